The maximum atomic E-state index is 13.3. The topological polar surface area (TPSA) is 97.0 Å². The summed E-state index contributed by atoms with van der Waals surface area (Å²) in [6.07, 6.45) is 2.60. The van der Waals surface area contributed by atoms with Gasteiger partial charge < -0.3 is 25.0 Å². The molecular weight excluding hydrogens is 465 g/mol. The predicted octanol–water partition coefficient (Wildman–Crippen LogP) is 3.26. The number of hydrogen-bond acceptors (Lipinski definition) is 5. The second kappa shape index (κ2) is 10.3. The first kappa shape index (κ1) is 24.2. The Kier molecular flexibility index (Phi) is 6.91. The third-order valence-corrected chi connectivity index (χ3v) is 7.02. The molecule has 2 heterocycles. The van der Waals surface area contributed by atoms with E-state index in [-0.39, 0.29) is 67.3 Å². The fourth-order valence-electron chi connectivity index (χ4n) is 4.82. The van der Waals surface area contributed by atoms with Gasteiger partial charge in [0.1, 0.15) is 24.3 Å². The van der Waals surface area contributed by atoms with Crippen LogP contribution in [0.15, 0.2) is 42.5 Å². The Bertz CT molecular complexity index is 1170. The Morgan fingerprint density at radius 3 is 2.72 bits per heavy atom. The molecule has 5 rings (SSSR count). The average molecular weight is 496 g/mol. The number of rotatable bonds is 6. The number of carbonyl (C=O) groups excluding carboxylic acids is 3. The lowest BCUT2D eigenvalue weighted by molar-refractivity contribution is -0.134. The molecule has 3 amide bonds. The summed E-state index contributed by atoms with van der Waals surface area (Å²) in [5, 5.41) is 5.70. The van der Waals surface area contributed by atoms with Crippen LogP contribution in [0.5, 0.6) is 5.75 Å². The molecule has 2 N–H and O–H groups in total. The second-order valence-electron chi connectivity index (χ2n) is 9.75. The van der Waals surface area contributed by atoms with Crippen molar-refractivity contribution in [3.8, 4) is 5.75 Å². The number of ether oxygens (including phenoxy) is 2. The number of carbonyl (C=O) groups is 3. The minimum atomic E-state index is -0.379. The van der Waals surface area contributed by atoms with Crippen molar-refractivity contribution in [2.24, 2.45) is 5.92 Å². The smallest absolute Gasteiger partial charge is 0.257 e. The summed E-state index contributed by atoms with van der Waals surface area (Å²) in [5.74, 6) is -0.227. The van der Waals surface area contributed by atoms with E-state index < -0.39 is 0 Å². The monoisotopic (exact) mass is 495 g/mol. The Hall–Kier alpha value is -3.46. The molecule has 2 aromatic carbocycles. The first-order chi connectivity index (χ1) is 17.4. The second-order valence-corrected chi connectivity index (χ2v) is 9.75. The Morgan fingerprint density at radius 1 is 1.11 bits per heavy atom. The fourth-order valence-corrected chi connectivity index (χ4v) is 4.82. The van der Waals surface area contributed by atoms with Crippen molar-refractivity contribution in [1.29, 1.82) is 0 Å². The molecule has 0 aromatic heterocycles. The third-order valence-electron chi connectivity index (χ3n) is 7.02. The van der Waals surface area contributed by atoms with Gasteiger partial charge in [0.2, 0.25) is 11.8 Å². The summed E-state index contributed by atoms with van der Waals surface area (Å²) in [6.45, 7) is 0.486. The summed E-state index contributed by atoms with van der Waals surface area (Å²) in [7, 11) is 1.75. The molecule has 2 aromatic rings. The summed E-state index contributed by atoms with van der Waals surface area (Å²) >= 11 is 0. The maximum absolute atomic E-state index is 13.3. The molecule has 1 saturated carbocycles. The molecular formula is C27H30FN3O5. The summed E-state index contributed by atoms with van der Waals surface area (Å²) < 4.78 is 25.5. The van der Waals surface area contributed by atoms with Crippen LogP contribution in [-0.2, 0) is 20.9 Å². The summed E-state index contributed by atoms with van der Waals surface area (Å²) in [6, 6.07) is 11.0. The number of fused-ring (bicyclic) bond motifs is 2. The van der Waals surface area contributed by atoms with E-state index in [1.165, 1.54) is 12.1 Å². The maximum Gasteiger partial charge on any atom is 0.257 e. The highest BCUT2D eigenvalue weighted by Crippen LogP contribution is 2.34. The molecule has 190 valence electrons. The van der Waals surface area contributed by atoms with Crippen molar-refractivity contribution in [1.82, 2.24) is 10.2 Å². The van der Waals surface area contributed by atoms with Crippen LogP contribution >= 0.6 is 0 Å². The van der Waals surface area contributed by atoms with E-state index in [0.29, 0.717) is 35.4 Å². The van der Waals surface area contributed by atoms with Crippen molar-refractivity contribution >= 4 is 23.4 Å². The number of benzene rings is 2. The van der Waals surface area contributed by atoms with Crippen molar-refractivity contribution in [3.63, 3.8) is 0 Å². The van der Waals surface area contributed by atoms with Gasteiger partial charge in [-0.2, -0.15) is 0 Å². The van der Waals surface area contributed by atoms with E-state index in [9.17, 15) is 18.8 Å². The lowest BCUT2D eigenvalue weighted by atomic mass is 9.94. The molecule has 0 bridgehead atoms. The molecule has 1 aliphatic carbocycles. The fraction of sp³-hybridized carbons (Fsp3) is 0.444. The van der Waals surface area contributed by atoms with E-state index in [1.54, 1.807) is 42.3 Å². The van der Waals surface area contributed by atoms with Gasteiger partial charge in [-0.05, 0) is 61.6 Å². The zero-order valence-electron chi connectivity index (χ0n) is 20.2. The number of amides is 3. The number of hydrogen-bond donors (Lipinski definition) is 2. The number of nitrogens with zero attached hydrogens (tertiary/aromatic N) is 1. The normalized spacial score (nSPS) is 23.4. The highest BCUT2D eigenvalue weighted by atomic mass is 19.1. The lowest BCUT2D eigenvalue weighted by Crippen LogP contribution is -2.53. The molecule has 9 heteroatoms. The van der Waals surface area contributed by atoms with Crippen molar-refractivity contribution in [2.45, 2.75) is 56.9 Å². The number of nitrogens with one attached hydrogen (secondary N) is 2. The summed E-state index contributed by atoms with van der Waals surface area (Å²) in [5.41, 5.74) is 1.68. The lowest BCUT2D eigenvalue weighted by Gasteiger charge is -2.42. The zero-order chi connectivity index (χ0) is 25.2. The molecule has 1 saturated heterocycles. The molecule has 3 atom stereocenters. The van der Waals surface area contributed by atoms with Crippen molar-refractivity contribution in [3.05, 3.63) is 59.4 Å². The van der Waals surface area contributed by atoms with Crippen LogP contribution in [0.1, 0.15) is 48.0 Å². The molecule has 2 fully saturated rings. The van der Waals surface area contributed by atoms with Gasteiger partial charge in [-0.1, -0.05) is 12.1 Å². The minimum Gasteiger partial charge on any atom is -0.490 e. The van der Waals surface area contributed by atoms with Gasteiger partial charge in [0, 0.05) is 25.2 Å². The first-order valence-electron chi connectivity index (χ1n) is 12.4. The molecule has 0 unspecified atom stereocenters. The Morgan fingerprint density at radius 2 is 1.94 bits per heavy atom. The Balaban J connectivity index is 1.20. The molecule has 2 aliphatic heterocycles. The van der Waals surface area contributed by atoms with E-state index in [2.05, 4.69) is 10.6 Å². The number of likely N-dealkylation sites (N-methyl/N-ethyl adjacent to an activating group) is 1. The van der Waals surface area contributed by atoms with Gasteiger partial charge in [0.25, 0.3) is 5.91 Å². The van der Waals surface area contributed by atoms with Gasteiger partial charge >= 0.3 is 0 Å². The molecule has 8 nitrogen and oxygen atoms in total. The molecule has 3 aliphatic rings. The molecule has 0 radical (unpaired) electrons. The SMILES string of the molecule is CN1C(=O)c2cc(NC(=O)C3CC3)ccc2OC[C@H]2O[C@@H](CC(=O)NCc3cccc(F)c3)CC[C@@H]21. The summed E-state index contributed by atoms with van der Waals surface area (Å²) in [4.78, 5) is 39.6. The third kappa shape index (κ3) is 5.51. The highest BCUT2D eigenvalue weighted by molar-refractivity contribution is 6.00. The van der Waals surface area contributed by atoms with Crippen LogP contribution in [0, 0.1) is 11.7 Å². The first-order valence-corrected chi connectivity index (χ1v) is 12.4. The Labute approximate surface area is 209 Å². The van der Waals surface area contributed by atoms with E-state index in [1.807, 2.05) is 0 Å². The van der Waals surface area contributed by atoms with E-state index in [4.69, 9.17) is 9.47 Å². The standard InChI is InChI=1S/C27H30FN3O5/c1-31-22-9-8-20(13-25(32)29-14-16-3-2-4-18(28)11-16)36-24(22)15-35-23-10-7-19(12-21(23)27(31)34)30-26(33)17-5-6-17/h2-4,7,10-12,17,20,22,24H,5-6,8-9,13-15H2,1H3,(H,29,32)(H,30,33)/t20-,22+,24-/m1/s1. The molecule has 36 heavy (non-hydrogen) atoms. The minimum absolute atomic E-state index is 0.0192. The van der Waals surface area contributed by atoms with Gasteiger partial charge in [-0.15, -0.1) is 0 Å². The van der Waals surface area contributed by atoms with Crippen LogP contribution < -0.4 is 15.4 Å². The zero-order valence-corrected chi connectivity index (χ0v) is 20.2. The van der Waals surface area contributed by atoms with Crippen LogP contribution in [0.25, 0.3) is 0 Å². The van der Waals surface area contributed by atoms with Crippen molar-refractivity contribution in [2.75, 3.05) is 19.0 Å². The largest absolute Gasteiger partial charge is 0.490 e. The van der Waals surface area contributed by atoms with Gasteiger partial charge in [-0.3, -0.25) is 14.4 Å². The van der Waals surface area contributed by atoms with Crippen LogP contribution in [0.4, 0.5) is 10.1 Å². The quantitative estimate of drug-likeness (QED) is 0.641. The molecule has 0 spiro atoms. The van der Waals surface area contributed by atoms with Crippen LogP contribution in [0.3, 0.4) is 0 Å². The van der Waals surface area contributed by atoms with Gasteiger partial charge in [-0.25, -0.2) is 4.39 Å². The van der Waals surface area contributed by atoms with Crippen LogP contribution in [0.2, 0.25) is 0 Å². The van der Waals surface area contributed by atoms with Crippen molar-refractivity contribution < 1.29 is 28.2 Å². The van der Waals surface area contributed by atoms with Gasteiger partial charge in [0.15, 0.2) is 0 Å². The average Bonchev–Trinajstić information content (AvgIpc) is 3.71. The van der Waals surface area contributed by atoms with E-state index in [0.717, 1.165) is 12.8 Å². The van der Waals surface area contributed by atoms with Gasteiger partial charge in [0.05, 0.1) is 24.1 Å². The van der Waals surface area contributed by atoms with Crippen LogP contribution in [-0.4, -0.2) is 54.5 Å². The number of anilines is 1. The predicted molar refractivity (Wildman–Crippen MR) is 130 cm³/mol. The number of halogens is 1. The highest BCUT2D eigenvalue weighted by Gasteiger charge is 2.39. The van der Waals surface area contributed by atoms with E-state index >= 15 is 0 Å².